The number of benzene rings is 1. The van der Waals surface area contributed by atoms with E-state index in [1.807, 2.05) is 24.3 Å². The van der Waals surface area contributed by atoms with Crippen LogP contribution >= 0.6 is 0 Å². The molecule has 1 aliphatic carbocycles. The molecule has 1 aliphatic heterocycles. The topological polar surface area (TPSA) is 106 Å². The monoisotopic (exact) mass is 418 g/mol. The van der Waals surface area contributed by atoms with Crippen molar-refractivity contribution in [1.82, 2.24) is 5.32 Å². The van der Waals surface area contributed by atoms with E-state index in [0.717, 1.165) is 16.8 Å². The van der Waals surface area contributed by atoms with E-state index in [0.29, 0.717) is 45.3 Å². The maximum Gasteiger partial charge on any atom is 0.350 e. The van der Waals surface area contributed by atoms with Crippen LogP contribution in [-0.4, -0.2) is 54.3 Å². The van der Waals surface area contributed by atoms with Crippen LogP contribution in [0.25, 0.3) is 0 Å². The summed E-state index contributed by atoms with van der Waals surface area (Å²) in [6.45, 7) is 4.12. The molecule has 1 atom stereocenters. The third kappa shape index (κ3) is 5.37. The first kappa shape index (κ1) is 22.2. The molecule has 0 radical (unpaired) electrons. The fourth-order valence-electron chi connectivity index (χ4n) is 3.75. The highest BCUT2D eigenvalue weighted by Gasteiger charge is 2.44. The van der Waals surface area contributed by atoms with E-state index in [2.05, 4.69) is 10.5 Å². The molecule has 1 saturated carbocycles. The summed E-state index contributed by atoms with van der Waals surface area (Å²) in [6, 6.07) is 7.92. The molecule has 164 valence electrons. The molecular formula is C22H30N2O6. The highest BCUT2D eigenvalue weighted by molar-refractivity contribution is 5.88. The van der Waals surface area contributed by atoms with Gasteiger partial charge in [-0.15, -0.1) is 0 Å². The number of carboxylic acid groups (broad SMARTS) is 1. The first-order valence-corrected chi connectivity index (χ1v) is 10.3. The molecule has 1 unspecified atom stereocenters. The number of nitrogens with zero attached hydrogens (tertiary/aromatic N) is 1. The minimum atomic E-state index is -1.39. The van der Waals surface area contributed by atoms with Crippen LogP contribution in [0.1, 0.15) is 44.2 Å². The van der Waals surface area contributed by atoms with Gasteiger partial charge in [-0.3, -0.25) is 4.79 Å². The number of carboxylic acids is 1. The van der Waals surface area contributed by atoms with E-state index < -0.39 is 17.4 Å². The van der Waals surface area contributed by atoms with Crippen molar-refractivity contribution in [2.24, 2.45) is 11.1 Å². The zero-order valence-corrected chi connectivity index (χ0v) is 17.8. The molecule has 2 N–H and O–H groups in total. The Morgan fingerprint density at radius 1 is 1.23 bits per heavy atom. The fraction of sp³-hybridized carbons (Fsp3) is 0.591. The van der Waals surface area contributed by atoms with Crippen molar-refractivity contribution in [3.8, 4) is 0 Å². The largest absolute Gasteiger partial charge is 0.478 e. The minimum Gasteiger partial charge on any atom is -0.478 e. The predicted octanol–water partition coefficient (Wildman–Crippen LogP) is 2.30. The number of nitrogens with one attached hydrogen (secondary N) is 1. The molecule has 3 rings (SSSR count). The normalized spacial score (nSPS) is 22.2. The Morgan fingerprint density at radius 2 is 1.87 bits per heavy atom. The van der Waals surface area contributed by atoms with Gasteiger partial charge in [0.1, 0.15) is 0 Å². The summed E-state index contributed by atoms with van der Waals surface area (Å²) in [7, 11) is 1.62. The molecule has 1 heterocycles. The van der Waals surface area contributed by atoms with Crippen LogP contribution in [0.15, 0.2) is 29.4 Å². The van der Waals surface area contributed by atoms with Gasteiger partial charge in [-0.2, -0.15) is 0 Å². The lowest BCUT2D eigenvalue weighted by Crippen LogP contribution is -2.42. The Labute approximate surface area is 176 Å². The van der Waals surface area contributed by atoms with Crippen LogP contribution < -0.4 is 5.32 Å². The number of hydrogen-bond donors (Lipinski definition) is 2. The molecule has 2 fully saturated rings. The zero-order chi connectivity index (χ0) is 21.8. The van der Waals surface area contributed by atoms with Crippen molar-refractivity contribution in [3.05, 3.63) is 35.4 Å². The second-order valence-corrected chi connectivity index (χ2v) is 8.37. The maximum absolute atomic E-state index is 11.6. The summed E-state index contributed by atoms with van der Waals surface area (Å²) in [4.78, 5) is 28.3. The van der Waals surface area contributed by atoms with Crippen molar-refractivity contribution in [3.63, 3.8) is 0 Å². The standard InChI is InChI=1S/C22H30N2O6/c1-21(2,20(26)27)30-24-18-8-9-22(28-10-11-29-22)14-17(18)12-15-4-6-16(7-5-15)13-19(25)23-3/h4-7,17H,8-14H2,1-3H3,(H,23,25)(H,26,27)/b24-18+. The molecule has 1 saturated heterocycles. The van der Waals surface area contributed by atoms with Gasteiger partial charge in [-0.05, 0) is 37.8 Å². The summed E-state index contributed by atoms with van der Waals surface area (Å²) < 4.78 is 11.8. The lowest BCUT2D eigenvalue weighted by atomic mass is 9.79. The molecule has 1 aromatic carbocycles. The van der Waals surface area contributed by atoms with Crippen molar-refractivity contribution in [1.29, 1.82) is 0 Å². The number of rotatable bonds is 7. The second-order valence-electron chi connectivity index (χ2n) is 8.37. The van der Waals surface area contributed by atoms with Gasteiger partial charge in [0.25, 0.3) is 0 Å². The number of aliphatic carboxylic acids is 1. The van der Waals surface area contributed by atoms with Crippen molar-refractivity contribution in [2.75, 3.05) is 20.3 Å². The lowest BCUT2D eigenvalue weighted by molar-refractivity contribution is -0.175. The molecule has 0 aromatic heterocycles. The Hall–Kier alpha value is -2.45. The third-order valence-corrected chi connectivity index (χ3v) is 5.66. The van der Waals surface area contributed by atoms with Crippen LogP contribution in [-0.2, 0) is 36.7 Å². The van der Waals surface area contributed by atoms with Crippen LogP contribution in [0.3, 0.4) is 0 Å². The first-order valence-electron chi connectivity index (χ1n) is 10.3. The van der Waals surface area contributed by atoms with Gasteiger partial charge in [0.2, 0.25) is 11.5 Å². The van der Waals surface area contributed by atoms with Crippen LogP contribution in [0, 0.1) is 5.92 Å². The smallest absolute Gasteiger partial charge is 0.350 e. The van der Waals surface area contributed by atoms with Crippen LogP contribution in [0.5, 0.6) is 0 Å². The van der Waals surface area contributed by atoms with Crippen LogP contribution in [0.2, 0.25) is 0 Å². The first-order chi connectivity index (χ1) is 14.2. The maximum atomic E-state index is 11.6. The summed E-state index contributed by atoms with van der Waals surface area (Å²) >= 11 is 0. The number of carbonyl (C=O) groups excluding carboxylic acids is 1. The molecular weight excluding hydrogens is 388 g/mol. The molecule has 30 heavy (non-hydrogen) atoms. The van der Waals surface area contributed by atoms with Crippen LogP contribution in [0.4, 0.5) is 0 Å². The summed E-state index contributed by atoms with van der Waals surface area (Å²) in [5.74, 6) is -1.68. The van der Waals surface area contributed by atoms with E-state index in [4.69, 9.17) is 14.3 Å². The van der Waals surface area contributed by atoms with E-state index in [9.17, 15) is 14.7 Å². The highest BCUT2D eigenvalue weighted by atomic mass is 16.7. The Kier molecular flexibility index (Phi) is 6.77. The van der Waals surface area contributed by atoms with E-state index in [1.165, 1.54) is 13.8 Å². The molecule has 1 aromatic rings. The van der Waals surface area contributed by atoms with E-state index in [1.54, 1.807) is 7.05 Å². The summed E-state index contributed by atoms with van der Waals surface area (Å²) in [6.07, 6.45) is 2.97. The van der Waals surface area contributed by atoms with Crippen molar-refractivity contribution in [2.45, 2.75) is 57.3 Å². The fourth-order valence-corrected chi connectivity index (χ4v) is 3.75. The van der Waals surface area contributed by atoms with Crippen molar-refractivity contribution < 1.29 is 29.0 Å². The quantitative estimate of drug-likeness (QED) is 0.658. The minimum absolute atomic E-state index is 0.00577. The van der Waals surface area contributed by atoms with Gasteiger partial charge in [-0.1, -0.05) is 29.4 Å². The molecule has 1 spiro atoms. The van der Waals surface area contributed by atoms with Crippen molar-refractivity contribution >= 4 is 17.6 Å². The SMILES string of the molecule is CNC(=O)Cc1ccc(CC2CC3(CC/C2=N\OC(C)(C)C(=O)O)OCCO3)cc1. The number of amides is 1. The number of oxime groups is 1. The number of likely N-dealkylation sites (N-methyl/N-ethyl adjacent to an activating group) is 1. The number of hydrogen-bond acceptors (Lipinski definition) is 6. The third-order valence-electron chi connectivity index (χ3n) is 5.66. The lowest BCUT2D eigenvalue weighted by Gasteiger charge is -2.37. The average molecular weight is 418 g/mol. The Bertz CT molecular complexity index is 796. The van der Waals surface area contributed by atoms with Gasteiger partial charge in [0.15, 0.2) is 5.79 Å². The predicted molar refractivity (Wildman–Crippen MR) is 110 cm³/mol. The number of ether oxygens (including phenoxy) is 2. The van der Waals surface area contributed by atoms with Gasteiger partial charge in [0.05, 0.1) is 25.3 Å². The molecule has 8 nitrogen and oxygen atoms in total. The molecule has 0 bridgehead atoms. The molecule has 8 heteroatoms. The number of carbonyl (C=O) groups is 2. The zero-order valence-electron chi connectivity index (χ0n) is 17.8. The second kappa shape index (κ2) is 9.14. The van der Waals surface area contributed by atoms with E-state index >= 15 is 0 Å². The Morgan fingerprint density at radius 3 is 2.47 bits per heavy atom. The van der Waals surface area contributed by atoms with Gasteiger partial charge in [0, 0.05) is 25.8 Å². The molecule has 1 amide bonds. The van der Waals surface area contributed by atoms with E-state index in [-0.39, 0.29) is 11.8 Å². The van der Waals surface area contributed by atoms with Gasteiger partial charge < -0.3 is 24.7 Å². The summed E-state index contributed by atoms with van der Waals surface area (Å²) in [5.41, 5.74) is 1.47. The summed E-state index contributed by atoms with van der Waals surface area (Å²) in [5, 5.41) is 16.2. The average Bonchev–Trinajstić information content (AvgIpc) is 3.16. The Balaban J connectivity index is 1.75. The van der Waals surface area contributed by atoms with Gasteiger partial charge in [-0.25, -0.2) is 4.79 Å². The highest BCUT2D eigenvalue weighted by Crippen LogP contribution is 2.39. The van der Waals surface area contributed by atoms with Gasteiger partial charge >= 0.3 is 5.97 Å². The molecule has 2 aliphatic rings.